The first-order chi connectivity index (χ1) is 15.5. The molecule has 0 bridgehead atoms. The van der Waals surface area contributed by atoms with Gasteiger partial charge >= 0.3 is 6.09 Å². The van der Waals surface area contributed by atoms with E-state index in [1.54, 1.807) is 28.4 Å². The average molecular weight is 445 g/mol. The lowest BCUT2D eigenvalue weighted by molar-refractivity contribution is -0.128. The lowest BCUT2D eigenvalue weighted by Crippen LogP contribution is -2.38. The number of aryl methyl sites for hydroxylation is 1. The second-order valence-corrected chi connectivity index (χ2v) is 6.99. The molecule has 1 aliphatic rings. The Morgan fingerprint density at radius 2 is 1.78 bits per heavy atom. The van der Waals surface area contributed by atoms with Crippen LogP contribution in [-0.2, 0) is 16.1 Å². The second-order valence-electron chi connectivity index (χ2n) is 6.99. The maximum absolute atomic E-state index is 12.3. The van der Waals surface area contributed by atoms with Crippen LogP contribution >= 0.6 is 0 Å². The van der Waals surface area contributed by atoms with Crippen molar-refractivity contribution in [1.82, 2.24) is 10.8 Å². The largest absolute Gasteiger partial charge is 0.497 e. The van der Waals surface area contributed by atoms with Crippen LogP contribution in [0.15, 0.2) is 24.3 Å². The first-order valence-electron chi connectivity index (χ1n) is 9.93. The molecule has 0 spiro atoms. The summed E-state index contributed by atoms with van der Waals surface area (Å²) in [5.41, 5.74) is 10.7. The maximum Gasteiger partial charge on any atom is 0.432 e. The highest BCUT2D eigenvalue weighted by Gasteiger charge is 2.30. The zero-order valence-electron chi connectivity index (χ0n) is 18.4. The number of carbonyl (C=O) groups excluding carboxylic acids is 2. The molecule has 2 aromatic rings. The molecule has 1 aliphatic carbocycles. The molecule has 0 fully saturated rings. The van der Waals surface area contributed by atoms with Gasteiger partial charge < -0.3 is 34.8 Å². The standard InChI is InChI=1S/C22H27N3O7/c1-28-13-6-7-14-15(10-13)16(24-22(27)32-25-18(26)11-23)8-5-12-9-17(29-2)20(30-3)21(31-4)19(12)14/h6-7,9-10,16H,5,8,11,23H2,1-4H3,(H,24,27)(H,25,26)/t16-/m0/s1. The molecule has 3 rings (SSSR count). The number of nitrogens with one attached hydrogen (secondary N) is 2. The van der Waals surface area contributed by atoms with Crippen molar-refractivity contribution in [2.45, 2.75) is 18.9 Å². The van der Waals surface area contributed by atoms with Crippen LogP contribution in [0.5, 0.6) is 23.0 Å². The van der Waals surface area contributed by atoms with Crippen LogP contribution in [0.2, 0.25) is 0 Å². The van der Waals surface area contributed by atoms with Crippen LogP contribution in [0, 0.1) is 0 Å². The van der Waals surface area contributed by atoms with Gasteiger partial charge in [0.1, 0.15) is 5.75 Å². The Bertz CT molecular complexity index is 1010. The van der Waals surface area contributed by atoms with E-state index in [0.29, 0.717) is 35.8 Å². The summed E-state index contributed by atoms with van der Waals surface area (Å²) in [6.07, 6.45) is 0.341. The van der Waals surface area contributed by atoms with Crippen LogP contribution in [0.25, 0.3) is 11.1 Å². The zero-order valence-corrected chi connectivity index (χ0v) is 18.4. The highest BCUT2D eigenvalue weighted by molar-refractivity contribution is 5.84. The number of rotatable bonds is 6. The molecule has 2 amide bonds. The number of hydrogen-bond donors (Lipinski definition) is 3. The summed E-state index contributed by atoms with van der Waals surface area (Å²) < 4.78 is 22.2. The number of hydrogen-bond acceptors (Lipinski definition) is 8. The molecule has 0 saturated heterocycles. The zero-order chi connectivity index (χ0) is 23.3. The third kappa shape index (κ3) is 4.50. The smallest absolute Gasteiger partial charge is 0.432 e. The van der Waals surface area contributed by atoms with E-state index in [9.17, 15) is 9.59 Å². The van der Waals surface area contributed by atoms with Crippen LogP contribution in [0.4, 0.5) is 4.79 Å². The van der Waals surface area contributed by atoms with Crippen molar-refractivity contribution >= 4 is 12.0 Å². The lowest BCUT2D eigenvalue weighted by atomic mass is 9.93. The third-order valence-corrected chi connectivity index (χ3v) is 5.25. The van der Waals surface area contributed by atoms with Crippen molar-refractivity contribution in [1.29, 1.82) is 0 Å². The van der Waals surface area contributed by atoms with Gasteiger partial charge in [0.05, 0.1) is 41.0 Å². The van der Waals surface area contributed by atoms with E-state index < -0.39 is 18.0 Å². The summed E-state index contributed by atoms with van der Waals surface area (Å²) in [6.45, 7) is -0.296. The molecule has 32 heavy (non-hydrogen) atoms. The fraction of sp³-hybridized carbons (Fsp3) is 0.364. The first-order valence-corrected chi connectivity index (χ1v) is 9.93. The summed E-state index contributed by atoms with van der Waals surface area (Å²) in [7, 11) is 6.25. The van der Waals surface area contributed by atoms with Gasteiger partial charge in [-0.1, -0.05) is 6.07 Å². The van der Waals surface area contributed by atoms with Crippen LogP contribution in [0.3, 0.4) is 0 Å². The third-order valence-electron chi connectivity index (χ3n) is 5.25. The first kappa shape index (κ1) is 23.0. The van der Waals surface area contributed by atoms with E-state index >= 15 is 0 Å². The molecule has 172 valence electrons. The summed E-state index contributed by atoms with van der Waals surface area (Å²) in [5, 5.41) is 2.80. The molecule has 0 aliphatic heterocycles. The second kappa shape index (κ2) is 10.1. The van der Waals surface area contributed by atoms with Crippen molar-refractivity contribution in [3.05, 3.63) is 35.4 Å². The number of nitrogens with two attached hydrogens (primary N) is 1. The van der Waals surface area contributed by atoms with Gasteiger partial charge in [0.25, 0.3) is 5.91 Å². The quantitative estimate of drug-likeness (QED) is 0.576. The van der Waals surface area contributed by atoms with Crippen LogP contribution in [-0.4, -0.2) is 47.0 Å². The Labute approximate surface area is 185 Å². The monoisotopic (exact) mass is 445 g/mol. The molecule has 0 radical (unpaired) electrons. The molecule has 10 heteroatoms. The average Bonchev–Trinajstić information content (AvgIpc) is 2.97. The molecule has 0 unspecified atom stereocenters. The van der Waals surface area contributed by atoms with Gasteiger partial charge in [0.2, 0.25) is 5.75 Å². The number of carbonyl (C=O) groups is 2. The van der Waals surface area contributed by atoms with Crippen molar-refractivity contribution in [3.8, 4) is 34.1 Å². The lowest BCUT2D eigenvalue weighted by Gasteiger charge is -2.21. The normalized spacial score (nSPS) is 14.2. The molecule has 2 aromatic carbocycles. The van der Waals surface area contributed by atoms with E-state index in [4.69, 9.17) is 29.5 Å². The van der Waals surface area contributed by atoms with Crippen LogP contribution in [0.1, 0.15) is 23.6 Å². The fourth-order valence-electron chi connectivity index (χ4n) is 3.81. The maximum atomic E-state index is 12.3. The van der Waals surface area contributed by atoms with Crippen LogP contribution < -0.4 is 35.5 Å². The molecular weight excluding hydrogens is 418 g/mol. The summed E-state index contributed by atoms with van der Waals surface area (Å²) in [4.78, 5) is 28.4. The highest BCUT2D eigenvalue weighted by atomic mass is 16.7. The Morgan fingerprint density at radius 3 is 2.41 bits per heavy atom. The van der Waals surface area contributed by atoms with Gasteiger partial charge in [-0.2, -0.15) is 5.48 Å². The molecule has 10 nitrogen and oxygen atoms in total. The Hall–Kier alpha value is -3.66. The topological polar surface area (TPSA) is 130 Å². The summed E-state index contributed by atoms with van der Waals surface area (Å²) >= 11 is 0. The van der Waals surface area contributed by atoms with Gasteiger partial charge in [0, 0.05) is 5.56 Å². The minimum atomic E-state index is -0.807. The Kier molecular flexibility index (Phi) is 7.26. The van der Waals surface area contributed by atoms with E-state index in [-0.39, 0.29) is 6.54 Å². The SMILES string of the molecule is COc1ccc2c(c1)[C@@H](NC(=O)ONC(=O)CN)CCc1cc(OC)c(OC)c(OC)c1-2. The molecular formula is C22H27N3O7. The predicted octanol–water partition coefficient (Wildman–Crippen LogP) is 2.09. The minimum absolute atomic E-state index is 0.296. The molecule has 0 aromatic heterocycles. The summed E-state index contributed by atoms with van der Waals surface area (Å²) in [6, 6.07) is 7.07. The van der Waals surface area contributed by atoms with Crippen molar-refractivity contribution in [3.63, 3.8) is 0 Å². The van der Waals surface area contributed by atoms with E-state index in [0.717, 1.165) is 22.3 Å². The number of fused-ring (bicyclic) bond motifs is 3. The number of hydroxylamine groups is 1. The van der Waals surface area contributed by atoms with E-state index in [2.05, 4.69) is 5.32 Å². The number of methoxy groups -OCH3 is 4. The Morgan fingerprint density at radius 1 is 1.03 bits per heavy atom. The molecule has 0 heterocycles. The van der Waals surface area contributed by atoms with Gasteiger partial charge in [-0.25, -0.2) is 4.79 Å². The van der Waals surface area contributed by atoms with Gasteiger partial charge in [-0.05, 0) is 47.7 Å². The number of benzene rings is 2. The van der Waals surface area contributed by atoms with Gasteiger partial charge in [-0.15, -0.1) is 0 Å². The van der Waals surface area contributed by atoms with Gasteiger partial charge in [-0.3, -0.25) is 4.79 Å². The Balaban J connectivity index is 2.08. The van der Waals surface area contributed by atoms with Gasteiger partial charge in [0.15, 0.2) is 11.5 Å². The van der Waals surface area contributed by atoms with Crippen molar-refractivity contribution in [2.75, 3.05) is 35.0 Å². The highest BCUT2D eigenvalue weighted by Crippen LogP contribution is 2.50. The molecule has 4 N–H and O–H groups in total. The fourth-order valence-corrected chi connectivity index (χ4v) is 3.81. The molecule has 0 saturated carbocycles. The molecule has 1 atom stereocenters. The van der Waals surface area contributed by atoms with E-state index in [1.807, 2.05) is 29.7 Å². The predicted molar refractivity (Wildman–Crippen MR) is 116 cm³/mol. The van der Waals surface area contributed by atoms with E-state index in [1.165, 1.54) is 0 Å². The number of amides is 2. The number of ether oxygens (including phenoxy) is 4. The van der Waals surface area contributed by atoms with Crippen molar-refractivity contribution in [2.24, 2.45) is 5.73 Å². The minimum Gasteiger partial charge on any atom is -0.497 e. The summed E-state index contributed by atoms with van der Waals surface area (Å²) in [5.74, 6) is 1.58. The van der Waals surface area contributed by atoms with Crippen molar-refractivity contribution < 1.29 is 33.4 Å².